The van der Waals surface area contributed by atoms with Gasteiger partial charge in [-0.25, -0.2) is 0 Å². The van der Waals surface area contributed by atoms with E-state index in [1.54, 1.807) is 12.2 Å². The van der Waals surface area contributed by atoms with Crippen molar-refractivity contribution in [2.24, 2.45) is 0 Å². The van der Waals surface area contributed by atoms with Crippen LogP contribution in [0.2, 0.25) is 0 Å². The number of aliphatic carboxylic acids is 1. The Morgan fingerprint density at radius 1 is 0.963 bits per heavy atom. The van der Waals surface area contributed by atoms with E-state index in [9.17, 15) is 4.79 Å². The van der Waals surface area contributed by atoms with Crippen LogP contribution in [-0.4, -0.2) is 11.1 Å². The third kappa shape index (κ3) is 6.34. The number of rotatable bonds is 7. The van der Waals surface area contributed by atoms with E-state index >= 15 is 0 Å². The zero-order valence-corrected chi connectivity index (χ0v) is 15.2. The number of hydrogen-bond acceptors (Lipinski definition) is 1. The molecule has 0 amide bonds. The molecule has 0 heterocycles. The Balaban J connectivity index is 2.30. The Kier molecular flexibility index (Phi) is 7.63. The predicted molar refractivity (Wildman–Crippen MR) is 113 cm³/mol. The van der Waals surface area contributed by atoms with Gasteiger partial charge in [-0.1, -0.05) is 85.7 Å². The molecule has 2 aromatic carbocycles. The van der Waals surface area contributed by atoms with Gasteiger partial charge < -0.3 is 5.11 Å². The average Bonchev–Trinajstić information content (AvgIpc) is 2.68. The summed E-state index contributed by atoms with van der Waals surface area (Å²) in [6.45, 7) is 7.45. The van der Waals surface area contributed by atoms with Crippen LogP contribution < -0.4 is 0 Å². The summed E-state index contributed by atoms with van der Waals surface area (Å²) in [5, 5.41) is 8.76. The van der Waals surface area contributed by atoms with Crippen LogP contribution in [0.4, 0.5) is 0 Å². The molecule has 2 rings (SSSR count). The molecule has 2 aromatic rings. The van der Waals surface area contributed by atoms with Gasteiger partial charge in [-0.3, -0.25) is 4.79 Å². The van der Waals surface area contributed by atoms with Crippen molar-refractivity contribution in [2.45, 2.75) is 12.8 Å². The van der Waals surface area contributed by atoms with E-state index in [2.05, 4.69) is 25.0 Å². The Bertz CT molecular complexity index is 933. The second kappa shape index (κ2) is 10.4. The molecule has 0 atom stereocenters. The van der Waals surface area contributed by atoms with Crippen molar-refractivity contribution in [3.63, 3.8) is 0 Å². The summed E-state index contributed by atoms with van der Waals surface area (Å²) in [7, 11) is 0. The molecular formula is C25H22O2. The average molecular weight is 354 g/mol. The van der Waals surface area contributed by atoms with E-state index < -0.39 is 5.97 Å². The highest BCUT2D eigenvalue weighted by Crippen LogP contribution is 2.18. The largest absolute Gasteiger partial charge is 0.481 e. The van der Waals surface area contributed by atoms with Gasteiger partial charge in [0, 0.05) is 17.5 Å². The van der Waals surface area contributed by atoms with E-state index in [4.69, 9.17) is 5.11 Å². The monoisotopic (exact) mass is 354 g/mol. The maximum atomic E-state index is 10.7. The molecule has 0 spiro atoms. The minimum atomic E-state index is -0.788. The van der Waals surface area contributed by atoms with Gasteiger partial charge in [0.05, 0.1) is 0 Å². The first kappa shape index (κ1) is 19.8. The molecule has 0 saturated heterocycles. The summed E-state index contributed by atoms with van der Waals surface area (Å²) >= 11 is 0. The predicted octanol–water partition coefficient (Wildman–Crippen LogP) is 5.50. The number of carbonyl (C=O) groups is 1. The van der Waals surface area contributed by atoms with Crippen molar-refractivity contribution < 1.29 is 9.90 Å². The smallest absolute Gasteiger partial charge is 0.303 e. The summed E-state index contributed by atoms with van der Waals surface area (Å²) in [5.41, 5.74) is 4.90. The minimum absolute atomic E-state index is 0.134. The molecule has 2 heteroatoms. The topological polar surface area (TPSA) is 37.3 Å². The van der Waals surface area contributed by atoms with E-state index in [1.807, 2.05) is 66.8 Å². The van der Waals surface area contributed by atoms with E-state index in [0.29, 0.717) is 6.42 Å². The van der Waals surface area contributed by atoms with Crippen LogP contribution in [0, 0.1) is 11.8 Å². The number of benzene rings is 2. The van der Waals surface area contributed by atoms with Crippen LogP contribution in [0.5, 0.6) is 0 Å². The summed E-state index contributed by atoms with van der Waals surface area (Å²) in [5.74, 6) is 5.63. The molecule has 0 unspecified atom stereocenters. The van der Waals surface area contributed by atoms with Crippen molar-refractivity contribution in [2.75, 3.05) is 0 Å². The lowest BCUT2D eigenvalue weighted by molar-refractivity contribution is -0.136. The molecule has 134 valence electrons. The number of aryl methyl sites for hydroxylation is 1. The summed E-state index contributed by atoms with van der Waals surface area (Å²) in [4.78, 5) is 10.7. The van der Waals surface area contributed by atoms with Crippen LogP contribution in [0.3, 0.4) is 0 Å². The molecule has 0 aliphatic heterocycles. The Hall–Kier alpha value is -3.57. The van der Waals surface area contributed by atoms with Crippen LogP contribution >= 0.6 is 0 Å². The summed E-state index contributed by atoms with van der Waals surface area (Å²) < 4.78 is 0. The minimum Gasteiger partial charge on any atom is -0.481 e. The molecule has 0 aliphatic rings. The van der Waals surface area contributed by atoms with Crippen molar-refractivity contribution in [3.8, 4) is 11.8 Å². The first-order valence-electron chi connectivity index (χ1n) is 8.68. The molecule has 0 radical (unpaired) electrons. The molecule has 0 bridgehead atoms. The molecule has 0 aliphatic carbocycles. The third-order valence-corrected chi connectivity index (χ3v) is 3.87. The normalized spacial score (nSPS) is 10.5. The van der Waals surface area contributed by atoms with Gasteiger partial charge >= 0.3 is 5.97 Å². The van der Waals surface area contributed by atoms with Crippen LogP contribution in [0.15, 0.2) is 79.9 Å². The van der Waals surface area contributed by atoms with Gasteiger partial charge in [0.25, 0.3) is 0 Å². The van der Waals surface area contributed by atoms with Crippen LogP contribution in [0.25, 0.3) is 12.2 Å². The van der Waals surface area contributed by atoms with Crippen molar-refractivity contribution >= 4 is 18.1 Å². The first-order chi connectivity index (χ1) is 13.1. The maximum Gasteiger partial charge on any atom is 0.303 e. The van der Waals surface area contributed by atoms with Crippen molar-refractivity contribution in [1.82, 2.24) is 0 Å². The molecule has 0 aromatic heterocycles. The summed E-state index contributed by atoms with van der Waals surface area (Å²) in [6.07, 6.45) is 11.9. The van der Waals surface area contributed by atoms with Gasteiger partial charge in [-0.15, -0.1) is 0 Å². The molecular weight excluding hydrogens is 332 g/mol. The first-order valence-corrected chi connectivity index (χ1v) is 8.68. The highest BCUT2D eigenvalue weighted by atomic mass is 16.4. The second-order valence-electron chi connectivity index (χ2n) is 5.84. The van der Waals surface area contributed by atoms with Gasteiger partial charge in [0.15, 0.2) is 0 Å². The lowest BCUT2D eigenvalue weighted by atomic mass is 9.99. The Morgan fingerprint density at radius 3 is 2.33 bits per heavy atom. The number of allylic oxidation sites excluding steroid dienone is 4. The maximum absolute atomic E-state index is 10.7. The van der Waals surface area contributed by atoms with E-state index in [-0.39, 0.29) is 6.42 Å². The van der Waals surface area contributed by atoms with Crippen molar-refractivity contribution in [1.29, 1.82) is 0 Å². The highest BCUT2D eigenvalue weighted by molar-refractivity contribution is 5.72. The lowest BCUT2D eigenvalue weighted by Crippen LogP contribution is -1.97. The second-order valence-corrected chi connectivity index (χ2v) is 5.84. The summed E-state index contributed by atoms with van der Waals surface area (Å²) in [6, 6.07) is 13.7. The number of carboxylic acid groups (broad SMARTS) is 1. The number of carboxylic acids is 1. The molecule has 2 nitrogen and oxygen atoms in total. The third-order valence-electron chi connectivity index (χ3n) is 3.87. The van der Waals surface area contributed by atoms with Crippen molar-refractivity contribution in [3.05, 3.63) is 108 Å². The zero-order valence-electron chi connectivity index (χ0n) is 15.2. The van der Waals surface area contributed by atoms with E-state index in [0.717, 1.165) is 27.8 Å². The van der Waals surface area contributed by atoms with Gasteiger partial charge in [0.1, 0.15) is 0 Å². The van der Waals surface area contributed by atoms with Gasteiger partial charge in [-0.2, -0.15) is 0 Å². The number of hydrogen-bond donors (Lipinski definition) is 1. The molecule has 0 saturated carbocycles. The standard InChI is InChI=1S/C25H22O2/c1-3-5-8-22-9-7-10-23(24(22)11-6-4-2)18-16-20-12-14-21(15-13-20)17-19-25(26)27/h3-15H,1-2,17,19H2,(H,26,27)/b8-5+,11-6+. The Morgan fingerprint density at radius 2 is 1.67 bits per heavy atom. The van der Waals surface area contributed by atoms with Crippen LogP contribution in [0.1, 0.15) is 34.2 Å². The molecule has 0 fully saturated rings. The fourth-order valence-corrected chi connectivity index (χ4v) is 2.50. The zero-order chi connectivity index (χ0) is 19.5. The quantitative estimate of drug-likeness (QED) is 0.526. The molecule has 1 N–H and O–H groups in total. The van der Waals surface area contributed by atoms with Gasteiger partial charge in [-0.05, 0) is 41.3 Å². The highest BCUT2D eigenvalue weighted by Gasteiger charge is 2.02. The van der Waals surface area contributed by atoms with Gasteiger partial charge in [0.2, 0.25) is 0 Å². The molecule has 27 heavy (non-hydrogen) atoms. The van der Waals surface area contributed by atoms with E-state index in [1.165, 1.54) is 0 Å². The Labute approximate surface area is 160 Å². The SMILES string of the molecule is C=C/C=C/c1cccc(C#Cc2ccc(CCC(=O)O)cc2)c1/C=C/C=C. The van der Waals surface area contributed by atoms with Crippen LogP contribution in [-0.2, 0) is 11.2 Å². The fourth-order valence-electron chi connectivity index (χ4n) is 2.50. The fraction of sp³-hybridized carbons (Fsp3) is 0.0800. The lowest BCUT2D eigenvalue weighted by Gasteiger charge is -2.04.